The molecule has 1 fully saturated rings. The van der Waals surface area contributed by atoms with Gasteiger partial charge >= 0.3 is 12.1 Å². The van der Waals surface area contributed by atoms with Crippen molar-refractivity contribution in [2.24, 2.45) is 5.73 Å². The van der Waals surface area contributed by atoms with E-state index in [1.54, 1.807) is 36.4 Å². The molecule has 7 heteroatoms. The smallest absolute Gasteiger partial charge is 0.343 e. The van der Waals surface area contributed by atoms with Gasteiger partial charge in [-0.2, -0.15) is 0 Å². The SMILES string of the molecule is NC(=O)N1NC(=O)N(c2ccccc2F)C1c1ccccc1. The number of amides is 4. The number of benzene rings is 2. The maximum absolute atomic E-state index is 14.1. The lowest BCUT2D eigenvalue weighted by Gasteiger charge is -2.27. The van der Waals surface area contributed by atoms with Gasteiger partial charge in [0.2, 0.25) is 0 Å². The second-order valence-electron chi connectivity index (χ2n) is 4.73. The number of carbonyl (C=O) groups is 2. The lowest BCUT2D eigenvalue weighted by Crippen LogP contribution is -2.43. The molecule has 22 heavy (non-hydrogen) atoms. The topological polar surface area (TPSA) is 78.7 Å². The third-order valence-electron chi connectivity index (χ3n) is 3.37. The van der Waals surface area contributed by atoms with Crippen molar-refractivity contribution in [3.05, 3.63) is 66.0 Å². The van der Waals surface area contributed by atoms with Crippen LogP contribution in [-0.2, 0) is 0 Å². The molecular formula is C15H13FN4O2. The van der Waals surface area contributed by atoms with Gasteiger partial charge in [-0.1, -0.05) is 42.5 Å². The van der Waals surface area contributed by atoms with Crippen LogP contribution in [-0.4, -0.2) is 17.1 Å². The second-order valence-corrected chi connectivity index (χ2v) is 4.73. The second kappa shape index (κ2) is 5.36. The summed E-state index contributed by atoms with van der Waals surface area (Å²) in [4.78, 5) is 25.0. The van der Waals surface area contributed by atoms with E-state index >= 15 is 0 Å². The van der Waals surface area contributed by atoms with Crippen molar-refractivity contribution in [1.29, 1.82) is 0 Å². The number of halogens is 1. The Hall–Kier alpha value is -3.09. The van der Waals surface area contributed by atoms with Crippen molar-refractivity contribution < 1.29 is 14.0 Å². The van der Waals surface area contributed by atoms with E-state index in [4.69, 9.17) is 5.73 Å². The lowest BCUT2D eigenvalue weighted by molar-refractivity contribution is 0.178. The molecule has 2 aromatic carbocycles. The summed E-state index contributed by atoms with van der Waals surface area (Å²) in [6.45, 7) is 0. The van der Waals surface area contributed by atoms with E-state index < -0.39 is 24.0 Å². The maximum atomic E-state index is 14.1. The number of nitrogens with zero attached hydrogens (tertiary/aromatic N) is 2. The van der Waals surface area contributed by atoms with Gasteiger partial charge in [0.1, 0.15) is 5.82 Å². The van der Waals surface area contributed by atoms with Crippen LogP contribution >= 0.6 is 0 Å². The molecule has 0 bridgehead atoms. The molecule has 2 aromatic rings. The fraction of sp³-hybridized carbons (Fsp3) is 0.0667. The Kier molecular flexibility index (Phi) is 3.38. The highest BCUT2D eigenvalue weighted by atomic mass is 19.1. The van der Waals surface area contributed by atoms with Crippen LogP contribution in [0.2, 0.25) is 0 Å². The van der Waals surface area contributed by atoms with Crippen LogP contribution in [0, 0.1) is 5.82 Å². The van der Waals surface area contributed by atoms with Gasteiger partial charge in [0.05, 0.1) is 5.69 Å². The van der Waals surface area contributed by atoms with Gasteiger partial charge < -0.3 is 5.73 Å². The van der Waals surface area contributed by atoms with Crippen LogP contribution < -0.4 is 16.1 Å². The first-order valence-electron chi connectivity index (χ1n) is 6.57. The minimum Gasteiger partial charge on any atom is -0.350 e. The first-order valence-corrected chi connectivity index (χ1v) is 6.57. The Morgan fingerprint density at radius 1 is 1.09 bits per heavy atom. The summed E-state index contributed by atoms with van der Waals surface area (Å²) in [7, 11) is 0. The van der Waals surface area contributed by atoms with Crippen molar-refractivity contribution in [1.82, 2.24) is 10.4 Å². The molecule has 0 spiro atoms. The predicted molar refractivity (Wildman–Crippen MR) is 78.0 cm³/mol. The number of hydrogen-bond acceptors (Lipinski definition) is 2. The summed E-state index contributed by atoms with van der Waals surface area (Å²) >= 11 is 0. The molecule has 112 valence electrons. The standard InChI is InChI=1S/C15H13FN4O2/c16-11-8-4-5-9-12(11)19-13(10-6-2-1-3-7-10)20(14(17)21)18-15(19)22/h1-9,13H,(H2,17,21)(H,18,22). The lowest BCUT2D eigenvalue weighted by atomic mass is 10.1. The normalized spacial score (nSPS) is 17.5. The van der Waals surface area contributed by atoms with Gasteiger partial charge in [-0.25, -0.2) is 24.4 Å². The molecule has 6 nitrogen and oxygen atoms in total. The highest BCUT2D eigenvalue weighted by Gasteiger charge is 2.42. The largest absolute Gasteiger partial charge is 0.350 e. The van der Waals surface area contributed by atoms with Gasteiger partial charge in [-0.15, -0.1) is 0 Å². The minimum absolute atomic E-state index is 0.0672. The molecule has 0 saturated carbocycles. The molecular weight excluding hydrogens is 287 g/mol. The molecule has 1 heterocycles. The number of urea groups is 2. The summed E-state index contributed by atoms with van der Waals surface area (Å²) < 4.78 is 14.1. The molecule has 0 aliphatic carbocycles. The zero-order chi connectivity index (χ0) is 15.7. The number of carbonyl (C=O) groups excluding carboxylic acids is 2. The van der Waals surface area contributed by atoms with E-state index in [0.29, 0.717) is 5.56 Å². The van der Waals surface area contributed by atoms with E-state index in [-0.39, 0.29) is 5.69 Å². The Bertz CT molecular complexity index is 722. The first-order chi connectivity index (χ1) is 10.6. The summed E-state index contributed by atoms with van der Waals surface area (Å²) in [5.41, 5.74) is 8.37. The molecule has 1 saturated heterocycles. The van der Waals surface area contributed by atoms with Crippen LogP contribution in [0.3, 0.4) is 0 Å². The molecule has 0 aromatic heterocycles. The van der Waals surface area contributed by atoms with E-state index in [9.17, 15) is 14.0 Å². The number of para-hydroxylation sites is 1. The highest BCUT2D eigenvalue weighted by Crippen LogP contribution is 2.34. The highest BCUT2D eigenvalue weighted by molar-refractivity contribution is 5.97. The fourth-order valence-corrected chi connectivity index (χ4v) is 2.43. The number of nitrogens with two attached hydrogens (primary N) is 1. The van der Waals surface area contributed by atoms with Crippen molar-refractivity contribution in [2.45, 2.75) is 6.17 Å². The van der Waals surface area contributed by atoms with Gasteiger partial charge in [0.25, 0.3) is 0 Å². The maximum Gasteiger partial charge on any atom is 0.343 e. The number of rotatable bonds is 2. The van der Waals surface area contributed by atoms with Crippen LogP contribution in [0.15, 0.2) is 54.6 Å². The van der Waals surface area contributed by atoms with Crippen LogP contribution in [0.4, 0.5) is 19.7 Å². The van der Waals surface area contributed by atoms with Crippen molar-refractivity contribution in [3.63, 3.8) is 0 Å². The predicted octanol–water partition coefficient (Wildman–Crippen LogP) is 2.35. The van der Waals surface area contributed by atoms with E-state index in [2.05, 4.69) is 5.43 Å². The van der Waals surface area contributed by atoms with Crippen molar-refractivity contribution in [2.75, 3.05) is 4.90 Å². The molecule has 1 unspecified atom stereocenters. The third-order valence-corrected chi connectivity index (χ3v) is 3.37. The van der Waals surface area contributed by atoms with E-state index in [1.807, 2.05) is 0 Å². The summed E-state index contributed by atoms with van der Waals surface area (Å²) in [6, 6.07) is 13.2. The summed E-state index contributed by atoms with van der Waals surface area (Å²) in [5, 5.41) is 0.976. The van der Waals surface area contributed by atoms with Crippen molar-refractivity contribution >= 4 is 17.7 Å². The molecule has 1 atom stereocenters. The fourth-order valence-electron chi connectivity index (χ4n) is 2.43. The zero-order valence-corrected chi connectivity index (χ0v) is 11.4. The molecule has 0 radical (unpaired) electrons. The zero-order valence-electron chi connectivity index (χ0n) is 11.4. The first kappa shape index (κ1) is 13.9. The minimum atomic E-state index is -0.858. The molecule has 1 aliphatic heterocycles. The molecule has 4 amide bonds. The van der Waals surface area contributed by atoms with Crippen LogP contribution in [0.1, 0.15) is 11.7 Å². The number of hydrazine groups is 1. The van der Waals surface area contributed by atoms with E-state index in [1.165, 1.54) is 18.2 Å². The molecule has 3 N–H and O–H groups in total. The molecule has 3 rings (SSSR count). The monoisotopic (exact) mass is 300 g/mol. The van der Waals surface area contributed by atoms with Gasteiger partial charge in [0.15, 0.2) is 6.17 Å². The van der Waals surface area contributed by atoms with Gasteiger partial charge in [-0.3, -0.25) is 4.90 Å². The Labute approximate surface area is 125 Å². The van der Waals surface area contributed by atoms with Crippen molar-refractivity contribution in [3.8, 4) is 0 Å². The Morgan fingerprint density at radius 2 is 1.73 bits per heavy atom. The Balaban J connectivity index is 2.12. The summed E-state index contributed by atoms with van der Waals surface area (Å²) in [6.07, 6.45) is -0.858. The summed E-state index contributed by atoms with van der Waals surface area (Å²) in [5.74, 6) is -0.565. The Morgan fingerprint density at radius 3 is 2.36 bits per heavy atom. The van der Waals surface area contributed by atoms with Crippen LogP contribution in [0.25, 0.3) is 0 Å². The quantitative estimate of drug-likeness (QED) is 0.893. The number of primary amides is 1. The number of anilines is 1. The molecule has 1 aliphatic rings. The number of nitrogens with one attached hydrogen (secondary N) is 1. The average molecular weight is 300 g/mol. The number of hydrogen-bond donors (Lipinski definition) is 2. The van der Waals surface area contributed by atoms with E-state index in [0.717, 1.165) is 9.91 Å². The van der Waals surface area contributed by atoms with Gasteiger partial charge in [-0.05, 0) is 17.7 Å². The third kappa shape index (κ3) is 2.22. The van der Waals surface area contributed by atoms with Gasteiger partial charge in [0, 0.05) is 0 Å². The van der Waals surface area contributed by atoms with Crippen LogP contribution in [0.5, 0.6) is 0 Å². The average Bonchev–Trinajstić information content (AvgIpc) is 2.86.